The van der Waals surface area contributed by atoms with Crippen molar-refractivity contribution in [3.8, 4) is 0 Å². The lowest BCUT2D eigenvalue weighted by Gasteiger charge is -2.22. The Hall–Kier alpha value is -2.73. The summed E-state index contributed by atoms with van der Waals surface area (Å²) in [6, 6.07) is 9.63. The molecule has 3 heterocycles. The molecule has 0 atom stereocenters. The third kappa shape index (κ3) is 3.32. The Balaban J connectivity index is 1.48. The zero-order valence-corrected chi connectivity index (χ0v) is 15.0. The number of carbonyl (C=O) groups excluding carboxylic acids is 1. The van der Waals surface area contributed by atoms with Gasteiger partial charge in [-0.2, -0.15) is 0 Å². The van der Waals surface area contributed by atoms with E-state index in [0.717, 1.165) is 55.6 Å². The fourth-order valence-electron chi connectivity index (χ4n) is 3.56. The van der Waals surface area contributed by atoms with Gasteiger partial charge in [-0.05, 0) is 24.6 Å². The molecule has 26 heavy (non-hydrogen) atoms. The van der Waals surface area contributed by atoms with Gasteiger partial charge in [0, 0.05) is 63.1 Å². The summed E-state index contributed by atoms with van der Waals surface area (Å²) in [5, 5.41) is 0.927. The Morgan fingerprint density at radius 1 is 1.12 bits per heavy atom. The van der Waals surface area contributed by atoms with Crippen molar-refractivity contribution in [1.29, 1.82) is 0 Å². The van der Waals surface area contributed by atoms with Gasteiger partial charge in [-0.3, -0.25) is 14.7 Å². The zero-order valence-electron chi connectivity index (χ0n) is 15.0. The van der Waals surface area contributed by atoms with Crippen LogP contribution in [0.15, 0.2) is 49.1 Å². The number of aromatic nitrogens is 3. The van der Waals surface area contributed by atoms with Crippen molar-refractivity contribution in [2.45, 2.75) is 13.0 Å². The van der Waals surface area contributed by atoms with Crippen LogP contribution in [0, 0.1) is 0 Å². The van der Waals surface area contributed by atoms with Crippen molar-refractivity contribution < 1.29 is 4.79 Å². The first-order chi connectivity index (χ1) is 12.7. The molecule has 0 unspecified atom stereocenters. The van der Waals surface area contributed by atoms with Gasteiger partial charge in [0.25, 0.3) is 5.91 Å². The molecule has 1 amide bonds. The Morgan fingerprint density at radius 3 is 2.88 bits per heavy atom. The van der Waals surface area contributed by atoms with Gasteiger partial charge < -0.3 is 9.47 Å². The molecule has 1 aromatic carbocycles. The highest BCUT2D eigenvalue weighted by molar-refractivity contribution is 6.06. The van der Waals surface area contributed by atoms with E-state index in [4.69, 9.17) is 0 Å². The van der Waals surface area contributed by atoms with Crippen molar-refractivity contribution in [3.05, 3.63) is 60.3 Å². The number of aryl methyl sites for hydroxylation is 1. The highest BCUT2D eigenvalue weighted by atomic mass is 16.2. The van der Waals surface area contributed by atoms with E-state index in [1.807, 2.05) is 54.8 Å². The molecule has 4 rings (SSSR count). The lowest BCUT2D eigenvalue weighted by molar-refractivity contribution is 0.0763. The number of carbonyl (C=O) groups is 1. The van der Waals surface area contributed by atoms with E-state index in [1.54, 1.807) is 6.20 Å². The van der Waals surface area contributed by atoms with E-state index in [-0.39, 0.29) is 5.91 Å². The maximum absolute atomic E-state index is 13.1. The molecule has 0 aliphatic carbocycles. The van der Waals surface area contributed by atoms with E-state index >= 15 is 0 Å². The van der Waals surface area contributed by atoms with Gasteiger partial charge in [-0.1, -0.05) is 12.1 Å². The maximum Gasteiger partial charge on any atom is 0.254 e. The molecule has 0 spiro atoms. The van der Waals surface area contributed by atoms with Crippen molar-refractivity contribution in [2.24, 2.45) is 7.05 Å². The topological polar surface area (TPSA) is 54.3 Å². The van der Waals surface area contributed by atoms with Gasteiger partial charge in [-0.15, -0.1) is 0 Å². The second-order valence-electron chi connectivity index (χ2n) is 6.79. The number of imidazole rings is 1. The fourth-order valence-corrected chi connectivity index (χ4v) is 3.56. The van der Waals surface area contributed by atoms with Gasteiger partial charge in [-0.25, -0.2) is 4.98 Å². The average molecular weight is 349 g/mol. The van der Waals surface area contributed by atoms with Gasteiger partial charge in [0.05, 0.1) is 17.5 Å². The SMILES string of the molecule is Cn1cncc1CN1CCCN(C(=O)c2cccc3ncccc23)CC1. The van der Waals surface area contributed by atoms with Crippen LogP contribution in [-0.2, 0) is 13.6 Å². The molecule has 0 saturated carbocycles. The number of hydrogen-bond acceptors (Lipinski definition) is 4. The molecule has 0 radical (unpaired) electrons. The van der Waals surface area contributed by atoms with Gasteiger partial charge in [0.2, 0.25) is 0 Å². The number of fused-ring (bicyclic) bond motifs is 1. The number of nitrogens with zero attached hydrogens (tertiary/aromatic N) is 5. The number of pyridine rings is 1. The van der Waals surface area contributed by atoms with Gasteiger partial charge >= 0.3 is 0 Å². The molecule has 2 aromatic heterocycles. The molecule has 6 nitrogen and oxygen atoms in total. The first-order valence-corrected chi connectivity index (χ1v) is 9.03. The summed E-state index contributed by atoms with van der Waals surface area (Å²) in [5.41, 5.74) is 2.81. The third-order valence-corrected chi connectivity index (χ3v) is 5.05. The van der Waals surface area contributed by atoms with E-state index in [9.17, 15) is 4.79 Å². The first kappa shape index (κ1) is 16.7. The van der Waals surface area contributed by atoms with E-state index in [1.165, 1.54) is 5.69 Å². The highest BCUT2D eigenvalue weighted by Gasteiger charge is 2.22. The second-order valence-corrected chi connectivity index (χ2v) is 6.79. The van der Waals surface area contributed by atoms with Crippen LogP contribution in [0.5, 0.6) is 0 Å². The van der Waals surface area contributed by atoms with Crippen molar-refractivity contribution in [3.63, 3.8) is 0 Å². The molecule has 3 aromatic rings. The van der Waals surface area contributed by atoms with Crippen LogP contribution in [-0.4, -0.2) is 56.4 Å². The van der Waals surface area contributed by atoms with Crippen LogP contribution in [0.25, 0.3) is 10.9 Å². The summed E-state index contributed by atoms with van der Waals surface area (Å²) in [6.07, 6.45) is 6.49. The quantitative estimate of drug-likeness (QED) is 0.728. The van der Waals surface area contributed by atoms with E-state index in [0.29, 0.717) is 0 Å². The Morgan fingerprint density at radius 2 is 2.04 bits per heavy atom. The molecule has 0 N–H and O–H groups in total. The normalized spacial score (nSPS) is 16.0. The molecular weight excluding hydrogens is 326 g/mol. The lowest BCUT2D eigenvalue weighted by Crippen LogP contribution is -2.35. The molecule has 134 valence electrons. The summed E-state index contributed by atoms with van der Waals surface area (Å²) in [4.78, 5) is 26.0. The van der Waals surface area contributed by atoms with Crippen LogP contribution in [0.1, 0.15) is 22.5 Å². The Labute approximate surface area is 153 Å². The van der Waals surface area contributed by atoms with Crippen LogP contribution in [0.2, 0.25) is 0 Å². The van der Waals surface area contributed by atoms with Crippen LogP contribution in [0.4, 0.5) is 0 Å². The molecule has 1 fully saturated rings. The van der Waals surface area contributed by atoms with Gasteiger partial charge in [0.1, 0.15) is 0 Å². The van der Waals surface area contributed by atoms with Crippen LogP contribution < -0.4 is 0 Å². The molecule has 1 aliphatic rings. The fraction of sp³-hybridized carbons (Fsp3) is 0.350. The number of benzene rings is 1. The first-order valence-electron chi connectivity index (χ1n) is 9.03. The van der Waals surface area contributed by atoms with Crippen molar-refractivity contribution >= 4 is 16.8 Å². The van der Waals surface area contributed by atoms with Gasteiger partial charge in [0.15, 0.2) is 0 Å². The molecular formula is C20H23N5O. The second kappa shape index (κ2) is 7.25. The minimum atomic E-state index is 0.103. The smallest absolute Gasteiger partial charge is 0.254 e. The minimum absolute atomic E-state index is 0.103. The molecule has 1 aliphatic heterocycles. The lowest BCUT2D eigenvalue weighted by atomic mass is 10.1. The average Bonchev–Trinajstić information content (AvgIpc) is 2.93. The number of hydrogen-bond donors (Lipinski definition) is 0. The number of amides is 1. The molecule has 1 saturated heterocycles. The van der Waals surface area contributed by atoms with E-state index < -0.39 is 0 Å². The van der Waals surface area contributed by atoms with Crippen LogP contribution in [0.3, 0.4) is 0 Å². The third-order valence-electron chi connectivity index (χ3n) is 5.05. The highest BCUT2D eigenvalue weighted by Crippen LogP contribution is 2.19. The largest absolute Gasteiger partial charge is 0.337 e. The number of rotatable bonds is 3. The predicted octanol–water partition coefficient (Wildman–Crippen LogP) is 2.32. The monoisotopic (exact) mass is 349 g/mol. The summed E-state index contributed by atoms with van der Waals surface area (Å²) in [6.45, 7) is 4.27. The van der Waals surface area contributed by atoms with Crippen LogP contribution >= 0.6 is 0 Å². The summed E-state index contributed by atoms with van der Waals surface area (Å²) in [5.74, 6) is 0.103. The standard InChI is InChI=1S/C20H23N5O/c1-23-15-21-13-16(23)14-24-9-4-10-25(12-11-24)20(26)18-5-2-7-19-17(18)6-3-8-22-19/h2-3,5-8,13,15H,4,9-12,14H2,1H3. The molecule has 6 heteroatoms. The summed E-state index contributed by atoms with van der Waals surface area (Å²) < 4.78 is 2.05. The molecule has 0 bridgehead atoms. The summed E-state index contributed by atoms with van der Waals surface area (Å²) >= 11 is 0. The Bertz CT molecular complexity index is 914. The zero-order chi connectivity index (χ0) is 17.9. The predicted molar refractivity (Wildman–Crippen MR) is 101 cm³/mol. The van der Waals surface area contributed by atoms with E-state index in [2.05, 4.69) is 19.4 Å². The van der Waals surface area contributed by atoms with Crippen molar-refractivity contribution in [1.82, 2.24) is 24.3 Å². The summed E-state index contributed by atoms with van der Waals surface area (Å²) in [7, 11) is 2.02. The van der Waals surface area contributed by atoms with Crippen molar-refractivity contribution in [2.75, 3.05) is 26.2 Å². The minimum Gasteiger partial charge on any atom is -0.337 e. The maximum atomic E-state index is 13.1. The Kier molecular flexibility index (Phi) is 4.67.